The van der Waals surface area contributed by atoms with Crippen molar-refractivity contribution in [3.05, 3.63) is 33.8 Å². The number of likely N-dealkylation sites (N-methyl/N-ethyl adjacent to an activating group) is 1. The van der Waals surface area contributed by atoms with Crippen molar-refractivity contribution in [1.29, 1.82) is 0 Å². The summed E-state index contributed by atoms with van der Waals surface area (Å²) >= 11 is 3.38. The smallest absolute Gasteiger partial charge is 0.253 e. The summed E-state index contributed by atoms with van der Waals surface area (Å²) in [6.07, 6.45) is 1.09. The van der Waals surface area contributed by atoms with Gasteiger partial charge in [0.05, 0.1) is 6.26 Å². The van der Waals surface area contributed by atoms with Crippen LogP contribution in [0.5, 0.6) is 0 Å². The lowest BCUT2D eigenvalue weighted by atomic mass is 10.1. The predicted octanol–water partition coefficient (Wildman–Crippen LogP) is 1.38. The first-order chi connectivity index (χ1) is 8.72. The molecule has 106 valence electrons. The van der Waals surface area contributed by atoms with E-state index >= 15 is 0 Å². The number of sulfonamides is 1. The summed E-state index contributed by atoms with van der Waals surface area (Å²) in [5.41, 5.74) is 1.48. The maximum absolute atomic E-state index is 12.2. The standard InChI is InChI=1S/C12H17BrN2O3S/c1-9-10(5-4-6-11(9)13)12(16)15(2)8-7-14-19(3,17)18/h4-6,14H,7-8H2,1-3H3. The van der Waals surface area contributed by atoms with Gasteiger partial charge in [0.25, 0.3) is 5.91 Å². The molecule has 0 spiro atoms. The number of carbonyl (C=O) groups excluding carboxylic acids is 1. The Kier molecular flexibility index (Phi) is 5.51. The third kappa shape index (κ3) is 4.93. The van der Waals surface area contributed by atoms with Crippen LogP contribution in [0, 0.1) is 6.92 Å². The Morgan fingerprint density at radius 2 is 2.05 bits per heavy atom. The lowest BCUT2D eigenvalue weighted by molar-refractivity contribution is 0.0797. The summed E-state index contributed by atoms with van der Waals surface area (Å²) in [7, 11) is -1.58. The molecule has 1 amide bonds. The van der Waals surface area contributed by atoms with Gasteiger partial charge in [-0.05, 0) is 24.6 Å². The zero-order chi connectivity index (χ0) is 14.6. The molecule has 0 aliphatic heterocycles. The molecular formula is C12H17BrN2O3S. The average Bonchev–Trinajstić information content (AvgIpc) is 2.30. The number of carbonyl (C=O) groups is 1. The van der Waals surface area contributed by atoms with Crippen molar-refractivity contribution in [3.8, 4) is 0 Å². The minimum absolute atomic E-state index is 0.130. The minimum Gasteiger partial charge on any atom is -0.340 e. The molecule has 0 heterocycles. The fourth-order valence-electron chi connectivity index (χ4n) is 1.55. The molecule has 0 atom stereocenters. The van der Waals surface area contributed by atoms with Gasteiger partial charge >= 0.3 is 0 Å². The molecule has 0 unspecified atom stereocenters. The first kappa shape index (κ1) is 16.1. The third-order valence-corrected chi connectivity index (χ3v) is 4.24. The van der Waals surface area contributed by atoms with Gasteiger partial charge in [-0.1, -0.05) is 22.0 Å². The lowest BCUT2D eigenvalue weighted by Crippen LogP contribution is -2.36. The number of amides is 1. The fourth-order valence-corrected chi connectivity index (χ4v) is 2.37. The molecule has 0 radical (unpaired) electrons. The van der Waals surface area contributed by atoms with Crippen LogP contribution in [-0.2, 0) is 10.0 Å². The summed E-state index contributed by atoms with van der Waals surface area (Å²) < 4.78 is 25.1. The van der Waals surface area contributed by atoms with Crippen molar-refractivity contribution in [2.75, 3.05) is 26.4 Å². The zero-order valence-electron chi connectivity index (χ0n) is 11.1. The van der Waals surface area contributed by atoms with Crippen molar-refractivity contribution in [2.24, 2.45) is 0 Å². The number of halogens is 1. The largest absolute Gasteiger partial charge is 0.340 e. The fraction of sp³-hybridized carbons (Fsp3) is 0.417. The van der Waals surface area contributed by atoms with E-state index in [9.17, 15) is 13.2 Å². The van der Waals surface area contributed by atoms with E-state index in [1.165, 1.54) is 4.90 Å². The van der Waals surface area contributed by atoms with E-state index in [4.69, 9.17) is 0 Å². The molecule has 0 fully saturated rings. The Hall–Kier alpha value is -0.920. The number of nitrogens with one attached hydrogen (secondary N) is 1. The van der Waals surface area contributed by atoms with Crippen LogP contribution >= 0.6 is 15.9 Å². The molecule has 0 aromatic heterocycles. The second kappa shape index (κ2) is 6.49. The van der Waals surface area contributed by atoms with E-state index in [-0.39, 0.29) is 12.5 Å². The SMILES string of the molecule is Cc1c(Br)cccc1C(=O)N(C)CCNS(C)(=O)=O. The van der Waals surface area contributed by atoms with Crippen LogP contribution in [-0.4, -0.2) is 45.6 Å². The first-order valence-electron chi connectivity index (χ1n) is 5.67. The van der Waals surface area contributed by atoms with Gasteiger partial charge in [-0.25, -0.2) is 13.1 Å². The lowest BCUT2D eigenvalue weighted by Gasteiger charge is -2.18. The van der Waals surface area contributed by atoms with Gasteiger partial charge in [-0.2, -0.15) is 0 Å². The second-order valence-corrected chi connectivity index (χ2v) is 6.99. The van der Waals surface area contributed by atoms with E-state index in [0.29, 0.717) is 12.1 Å². The predicted molar refractivity (Wildman–Crippen MR) is 78.7 cm³/mol. The highest BCUT2D eigenvalue weighted by molar-refractivity contribution is 9.10. The molecule has 1 aromatic carbocycles. The van der Waals surface area contributed by atoms with E-state index in [0.717, 1.165) is 16.3 Å². The summed E-state index contributed by atoms with van der Waals surface area (Å²) in [6.45, 7) is 2.38. The van der Waals surface area contributed by atoms with Gasteiger partial charge in [0, 0.05) is 30.2 Å². The highest BCUT2D eigenvalue weighted by Gasteiger charge is 2.15. The normalized spacial score (nSPS) is 11.4. The van der Waals surface area contributed by atoms with Crippen LogP contribution in [0.15, 0.2) is 22.7 Å². The van der Waals surface area contributed by atoms with Gasteiger partial charge in [0.15, 0.2) is 0 Å². The molecule has 0 bridgehead atoms. The topological polar surface area (TPSA) is 66.5 Å². The van der Waals surface area contributed by atoms with Crippen LogP contribution < -0.4 is 4.72 Å². The summed E-state index contributed by atoms with van der Waals surface area (Å²) in [4.78, 5) is 13.7. The Morgan fingerprint density at radius 1 is 1.42 bits per heavy atom. The molecule has 19 heavy (non-hydrogen) atoms. The molecule has 0 aliphatic carbocycles. The number of nitrogens with zero attached hydrogens (tertiary/aromatic N) is 1. The van der Waals surface area contributed by atoms with Crippen LogP contribution in [0.4, 0.5) is 0 Å². The van der Waals surface area contributed by atoms with Crippen LogP contribution in [0.3, 0.4) is 0 Å². The van der Waals surface area contributed by atoms with E-state index in [1.54, 1.807) is 19.2 Å². The molecule has 0 saturated heterocycles. The summed E-state index contributed by atoms with van der Waals surface area (Å²) in [5.74, 6) is -0.130. The quantitative estimate of drug-likeness (QED) is 0.873. The van der Waals surface area contributed by atoms with Crippen molar-refractivity contribution >= 4 is 31.9 Å². The van der Waals surface area contributed by atoms with E-state index < -0.39 is 10.0 Å². The number of hydrogen-bond acceptors (Lipinski definition) is 3. The van der Waals surface area contributed by atoms with Gasteiger partial charge in [-0.15, -0.1) is 0 Å². The molecule has 1 rings (SSSR count). The van der Waals surface area contributed by atoms with Gasteiger partial charge in [-0.3, -0.25) is 4.79 Å². The van der Waals surface area contributed by atoms with E-state index in [2.05, 4.69) is 20.7 Å². The Balaban J connectivity index is 2.70. The Morgan fingerprint density at radius 3 is 2.63 bits per heavy atom. The average molecular weight is 349 g/mol. The monoisotopic (exact) mass is 348 g/mol. The number of hydrogen-bond donors (Lipinski definition) is 1. The first-order valence-corrected chi connectivity index (χ1v) is 8.36. The second-order valence-electron chi connectivity index (χ2n) is 4.31. The Labute approximate surface area is 122 Å². The van der Waals surface area contributed by atoms with Crippen molar-refractivity contribution < 1.29 is 13.2 Å². The highest BCUT2D eigenvalue weighted by Crippen LogP contribution is 2.20. The zero-order valence-corrected chi connectivity index (χ0v) is 13.5. The molecule has 1 aromatic rings. The summed E-state index contributed by atoms with van der Waals surface area (Å²) in [5, 5.41) is 0. The minimum atomic E-state index is -3.22. The van der Waals surface area contributed by atoms with Crippen LogP contribution in [0.2, 0.25) is 0 Å². The van der Waals surface area contributed by atoms with E-state index in [1.807, 2.05) is 13.0 Å². The van der Waals surface area contributed by atoms with Crippen molar-refractivity contribution in [1.82, 2.24) is 9.62 Å². The maximum atomic E-state index is 12.2. The van der Waals surface area contributed by atoms with Crippen molar-refractivity contribution in [3.63, 3.8) is 0 Å². The van der Waals surface area contributed by atoms with Gasteiger partial charge in [0.1, 0.15) is 0 Å². The number of rotatable bonds is 5. The van der Waals surface area contributed by atoms with Gasteiger partial charge in [0.2, 0.25) is 10.0 Å². The molecule has 0 aliphatic rings. The molecule has 1 N–H and O–H groups in total. The molecule has 0 saturated carbocycles. The van der Waals surface area contributed by atoms with Gasteiger partial charge < -0.3 is 4.90 Å². The molecule has 7 heteroatoms. The van der Waals surface area contributed by atoms with Crippen molar-refractivity contribution in [2.45, 2.75) is 6.92 Å². The Bertz CT molecular complexity index is 572. The maximum Gasteiger partial charge on any atom is 0.253 e. The van der Waals surface area contributed by atoms with Crippen LogP contribution in [0.1, 0.15) is 15.9 Å². The van der Waals surface area contributed by atoms with Crippen LogP contribution in [0.25, 0.3) is 0 Å². The molecular weight excluding hydrogens is 332 g/mol. The molecule has 5 nitrogen and oxygen atoms in total. The summed E-state index contributed by atoms with van der Waals surface area (Å²) in [6, 6.07) is 5.42. The number of benzene rings is 1. The highest BCUT2D eigenvalue weighted by atomic mass is 79.9. The third-order valence-electron chi connectivity index (χ3n) is 2.66.